The van der Waals surface area contributed by atoms with E-state index >= 15 is 0 Å². The van der Waals surface area contributed by atoms with Crippen LogP contribution in [0.4, 0.5) is 21.0 Å². The van der Waals surface area contributed by atoms with Gasteiger partial charge in [0.2, 0.25) is 11.8 Å². The van der Waals surface area contributed by atoms with Crippen LogP contribution in [-0.4, -0.2) is 72.2 Å². The normalized spacial score (nSPS) is 23.3. The maximum atomic E-state index is 13.6. The van der Waals surface area contributed by atoms with Gasteiger partial charge in [-0.1, -0.05) is 29.8 Å². The van der Waals surface area contributed by atoms with E-state index in [1.165, 1.54) is 32.3 Å². The zero-order valence-electron chi connectivity index (χ0n) is 21.6. The molecule has 1 unspecified atom stereocenters. The number of anilines is 2. The summed E-state index contributed by atoms with van der Waals surface area (Å²) in [7, 11) is 2.76. The Bertz CT molecular complexity index is 1560. The van der Waals surface area contributed by atoms with E-state index in [9.17, 15) is 28.8 Å². The molecule has 40 heavy (non-hydrogen) atoms. The van der Waals surface area contributed by atoms with Crippen molar-refractivity contribution in [3.63, 3.8) is 0 Å². The summed E-state index contributed by atoms with van der Waals surface area (Å²) in [5.74, 6) is -2.77. The number of hydrogen-bond donors (Lipinski definition) is 1. The van der Waals surface area contributed by atoms with Gasteiger partial charge in [-0.05, 0) is 60.7 Å². The molecule has 11 nitrogen and oxygen atoms in total. The summed E-state index contributed by atoms with van der Waals surface area (Å²) in [6, 6.07) is 9.61. The fraction of sp³-hybridized carbons (Fsp3) is 0.286. The first-order chi connectivity index (χ1) is 19.1. The highest BCUT2D eigenvalue weighted by atomic mass is 35.5. The van der Waals surface area contributed by atoms with Gasteiger partial charge in [0, 0.05) is 26.3 Å². The number of amides is 8. The molecule has 2 aromatic rings. The van der Waals surface area contributed by atoms with E-state index in [0.717, 1.165) is 26.8 Å². The molecule has 12 heteroatoms. The monoisotopic (exact) mass is 561 g/mol. The predicted octanol–water partition coefficient (Wildman–Crippen LogP) is 2.57. The standard InChI is InChI=1S/C28H24ClN5O6/c1-31-24(37)28(25(38)32(2)27(31)40)14-16-12-15(9-10-19(16)33-11-5-8-21(28)33)13-17-22(35)30-26(39)34(23(17)36)20-7-4-3-6-18(20)29/h3-4,6-7,9-10,12-13,21H,5,8,11,14H2,1-2H3,(H,30,35,39)/b17-13+. The van der Waals surface area contributed by atoms with Crippen LogP contribution >= 0.6 is 11.6 Å². The molecule has 3 fully saturated rings. The highest BCUT2D eigenvalue weighted by molar-refractivity contribution is 6.42. The molecule has 8 amide bonds. The summed E-state index contributed by atoms with van der Waals surface area (Å²) in [5.41, 5.74) is 0.372. The molecule has 4 aliphatic heterocycles. The lowest BCUT2D eigenvalue weighted by molar-refractivity contribution is -0.159. The number of fused-ring (bicyclic) bond motifs is 4. The van der Waals surface area contributed by atoms with Gasteiger partial charge in [0.25, 0.3) is 11.8 Å². The Balaban J connectivity index is 1.42. The lowest BCUT2D eigenvalue weighted by Crippen LogP contribution is -2.70. The predicted molar refractivity (Wildman–Crippen MR) is 144 cm³/mol. The van der Waals surface area contributed by atoms with E-state index in [1.807, 2.05) is 11.0 Å². The van der Waals surface area contributed by atoms with Gasteiger partial charge in [-0.25, -0.2) is 14.5 Å². The topological polar surface area (TPSA) is 127 Å². The van der Waals surface area contributed by atoms with Crippen molar-refractivity contribution in [2.75, 3.05) is 30.4 Å². The smallest absolute Gasteiger partial charge is 0.335 e. The van der Waals surface area contributed by atoms with Crippen molar-refractivity contribution >= 4 is 64.7 Å². The number of barbiturate groups is 2. The largest absolute Gasteiger partial charge is 0.367 e. The van der Waals surface area contributed by atoms with Crippen molar-refractivity contribution in [1.29, 1.82) is 0 Å². The van der Waals surface area contributed by atoms with Crippen molar-refractivity contribution in [1.82, 2.24) is 15.1 Å². The maximum absolute atomic E-state index is 13.6. The van der Waals surface area contributed by atoms with Gasteiger partial charge in [0.15, 0.2) is 5.41 Å². The van der Waals surface area contributed by atoms with Crippen molar-refractivity contribution in [3.05, 3.63) is 64.2 Å². The number of para-hydroxylation sites is 1. The quantitative estimate of drug-likeness (QED) is 0.339. The van der Waals surface area contributed by atoms with Crippen LogP contribution in [-0.2, 0) is 25.6 Å². The molecule has 1 atom stereocenters. The van der Waals surface area contributed by atoms with Gasteiger partial charge >= 0.3 is 12.1 Å². The lowest BCUT2D eigenvalue weighted by atomic mass is 9.68. The molecule has 204 valence electrons. The number of rotatable bonds is 2. The second-order valence-electron chi connectivity index (χ2n) is 10.3. The average molecular weight is 562 g/mol. The summed E-state index contributed by atoms with van der Waals surface area (Å²) in [5, 5.41) is 2.34. The average Bonchev–Trinajstić information content (AvgIpc) is 3.44. The Kier molecular flexibility index (Phi) is 5.81. The molecular weight excluding hydrogens is 538 g/mol. The Labute approximate surface area is 233 Å². The first-order valence-corrected chi connectivity index (χ1v) is 13.1. The van der Waals surface area contributed by atoms with Gasteiger partial charge in [-0.3, -0.25) is 34.3 Å². The van der Waals surface area contributed by atoms with Crippen LogP contribution in [0.15, 0.2) is 48.0 Å². The molecule has 1 N–H and O–H groups in total. The summed E-state index contributed by atoms with van der Waals surface area (Å²) in [6.45, 7) is 0.636. The highest BCUT2D eigenvalue weighted by Crippen LogP contribution is 2.49. The Morgan fingerprint density at radius 3 is 2.35 bits per heavy atom. The second kappa shape index (κ2) is 9.02. The summed E-state index contributed by atoms with van der Waals surface area (Å²) in [6.07, 6.45) is 2.83. The molecule has 0 aromatic heterocycles. The van der Waals surface area contributed by atoms with Gasteiger partial charge in [0.1, 0.15) is 5.57 Å². The number of carbonyl (C=O) groups excluding carboxylic acids is 6. The zero-order chi connectivity index (χ0) is 28.5. The van der Waals surface area contributed by atoms with E-state index in [-0.39, 0.29) is 22.7 Å². The minimum Gasteiger partial charge on any atom is -0.367 e. The van der Waals surface area contributed by atoms with E-state index in [4.69, 9.17) is 11.6 Å². The molecule has 0 saturated carbocycles. The summed E-state index contributed by atoms with van der Waals surface area (Å²) >= 11 is 6.21. The first kappa shape index (κ1) is 25.8. The molecule has 6 rings (SSSR count). The highest BCUT2D eigenvalue weighted by Gasteiger charge is 2.63. The van der Waals surface area contributed by atoms with Crippen LogP contribution in [0.2, 0.25) is 5.02 Å². The number of carbonyl (C=O) groups is 6. The second-order valence-corrected chi connectivity index (χ2v) is 10.7. The first-order valence-electron chi connectivity index (χ1n) is 12.7. The van der Waals surface area contributed by atoms with E-state index < -0.39 is 47.1 Å². The van der Waals surface area contributed by atoms with Crippen molar-refractivity contribution in [2.45, 2.75) is 25.3 Å². The van der Waals surface area contributed by atoms with Crippen molar-refractivity contribution in [2.24, 2.45) is 5.41 Å². The van der Waals surface area contributed by atoms with Crippen LogP contribution in [0.1, 0.15) is 24.0 Å². The minimum absolute atomic E-state index is 0.0600. The van der Waals surface area contributed by atoms with Gasteiger partial charge in [-0.2, -0.15) is 0 Å². The third-order valence-electron chi connectivity index (χ3n) is 8.16. The number of hydrogen-bond acceptors (Lipinski definition) is 7. The van der Waals surface area contributed by atoms with Crippen LogP contribution in [0.3, 0.4) is 0 Å². The van der Waals surface area contributed by atoms with Gasteiger partial charge in [0.05, 0.1) is 16.8 Å². The van der Waals surface area contributed by atoms with Crippen LogP contribution in [0, 0.1) is 5.41 Å². The molecule has 1 spiro atoms. The third-order valence-corrected chi connectivity index (χ3v) is 8.48. The third kappa shape index (κ3) is 3.50. The molecule has 0 radical (unpaired) electrons. The fourth-order valence-corrected chi connectivity index (χ4v) is 6.52. The van der Waals surface area contributed by atoms with Crippen LogP contribution in [0.25, 0.3) is 6.08 Å². The number of imide groups is 4. The molecule has 4 heterocycles. The van der Waals surface area contributed by atoms with Crippen molar-refractivity contribution in [3.8, 4) is 0 Å². The lowest BCUT2D eigenvalue weighted by Gasteiger charge is -2.50. The molecule has 4 aliphatic rings. The summed E-state index contributed by atoms with van der Waals surface area (Å²) < 4.78 is 0. The number of halogens is 1. The maximum Gasteiger partial charge on any atom is 0.335 e. The fourth-order valence-electron chi connectivity index (χ4n) is 6.30. The van der Waals surface area contributed by atoms with Crippen molar-refractivity contribution < 1.29 is 28.8 Å². The van der Waals surface area contributed by atoms with E-state index in [2.05, 4.69) is 5.32 Å². The molecule has 2 aromatic carbocycles. The molecule has 0 bridgehead atoms. The van der Waals surface area contributed by atoms with E-state index in [1.54, 1.807) is 24.3 Å². The van der Waals surface area contributed by atoms with Crippen LogP contribution in [0.5, 0.6) is 0 Å². The minimum atomic E-state index is -1.47. The number of nitrogens with one attached hydrogen (secondary N) is 1. The van der Waals surface area contributed by atoms with E-state index in [0.29, 0.717) is 24.1 Å². The SMILES string of the molecule is CN1C(=O)N(C)C(=O)C2(Cc3cc(/C=C4\C(=O)NC(=O)N(c5ccccc5Cl)C4=O)ccc3N3CCCC32)C1=O. The van der Waals surface area contributed by atoms with Gasteiger partial charge < -0.3 is 4.90 Å². The molecular formula is C28H24ClN5O6. The van der Waals surface area contributed by atoms with Gasteiger partial charge in [-0.15, -0.1) is 0 Å². The number of benzene rings is 2. The number of nitrogens with zero attached hydrogens (tertiary/aromatic N) is 4. The summed E-state index contributed by atoms with van der Waals surface area (Å²) in [4.78, 5) is 83.2. The Hall–Kier alpha value is -4.51. The Morgan fingerprint density at radius 1 is 0.950 bits per heavy atom. The molecule has 0 aliphatic carbocycles. The Morgan fingerprint density at radius 2 is 1.65 bits per heavy atom. The number of urea groups is 2. The van der Waals surface area contributed by atoms with Crippen LogP contribution < -0.4 is 15.1 Å². The zero-order valence-corrected chi connectivity index (χ0v) is 22.4. The molecule has 3 saturated heterocycles.